The fraction of sp³-hybridized carbons (Fsp3) is 0.150. The third-order valence-electron chi connectivity index (χ3n) is 4.05. The summed E-state index contributed by atoms with van der Waals surface area (Å²) in [5, 5.41) is 6.59. The number of aromatic nitrogens is 2. The van der Waals surface area contributed by atoms with E-state index >= 15 is 0 Å². The number of hydrogen-bond acceptors (Lipinski definition) is 4. The average Bonchev–Trinajstić information content (AvgIpc) is 2.69. The summed E-state index contributed by atoms with van der Waals surface area (Å²) >= 11 is 0. The Balaban J connectivity index is 1.75. The first-order chi connectivity index (χ1) is 13.5. The second kappa shape index (κ2) is 8.43. The number of carbonyl (C=O) groups excluding carboxylic acids is 1. The zero-order valence-corrected chi connectivity index (χ0v) is 15.0. The monoisotopic (exact) mass is 385 g/mol. The summed E-state index contributed by atoms with van der Waals surface area (Å²) in [4.78, 5) is 24.1. The third-order valence-corrected chi connectivity index (χ3v) is 4.05. The van der Waals surface area contributed by atoms with Gasteiger partial charge in [0.05, 0.1) is 12.8 Å². The van der Waals surface area contributed by atoms with Crippen molar-refractivity contribution in [1.82, 2.24) is 15.1 Å². The molecule has 0 spiro atoms. The van der Waals surface area contributed by atoms with Crippen molar-refractivity contribution in [3.05, 3.63) is 82.1 Å². The summed E-state index contributed by atoms with van der Waals surface area (Å²) in [6.07, 6.45) is 0. The lowest BCUT2D eigenvalue weighted by molar-refractivity contribution is -0.122. The fourth-order valence-electron chi connectivity index (χ4n) is 2.56. The van der Waals surface area contributed by atoms with Crippen LogP contribution in [0.5, 0.6) is 5.75 Å². The van der Waals surface area contributed by atoms with Crippen molar-refractivity contribution in [2.24, 2.45) is 0 Å². The number of methoxy groups -OCH3 is 1. The largest absolute Gasteiger partial charge is 0.497 e. The van der Waals surface area contributed by atoms with Crippen LogP contribution in [0.3, 0.4) is 0 Å². The van der Waals surface area contributed by atoms with E-state index in [4.69, 9.17) is 4.74 Å². The highest BCUT2D eigenvalue weighted by atomic mass is 19.1. The van der Waals surface area contributed by atoms with Crippen LogP contribution in [0.25, 0.3) is 11.3 Å². The molecule has 2 aromatic carbocycles. The van der Waals surface area contributed by atoms with Crippen molar-refractivity contribution >= 4 is 5.91 Å². The Morgan fingerprint density at radius 3 is 2.61 bits per heavy atom. The molecule has 6 nitrogen and oxygen atoms in total. The summed E-state index contributed by atoms with van der Waals surface area (Å²) in [6.45, 7) is -0.397. The first kappa shape index (κ1) is 19.2. The molecule has 0 bridgehead atoms. The number of nitrogens with zero attached hydrogens (tertiary/aromatic N) is 2. The van der Waals surface area contributed by atoms with E-state index in [0.29, 0.717) is 11.3 Å². The van der Waals surface area contributed by atoms with Crippen LogP contribution in [0.4, 0.5) is 8.78 Å². The summed E-state index contributed by atoms with van der Waals surface area (Å²) in [6, 6.07) is 12.9. The van der Waals surface area contributed by atoms with Gasteiger partial charge in [-0.05, 0) is 24.3 Å². The number of amides is 1. The molecule has 0 atom stereocenters. The fourth-order valence-corrected chi connectivity index (χ4v) is 2.56. The van der Waals surface area contributed by atoms with Gasteiger partial charge in [0.2, 0.25) is 5.91 Å². The van der Waals surface area contributed by atoms with Crippen LogP contribution in [0.15, 0.2) is 59.4 Å². The van der Waals surface area contributed by atoms with Gasteiger partial charge in [0, 0.05) is 29.8 Å². The van der Waals surface area contributed by atoms with E-state index in [1.54, 1.807) is 24.3 Å². The molecule has 8 heteroatoms. The Morgan fingerprint density at radius 1 is 1.11 bits per heavy atom. The molecule has 0 aliphatic rings. The van der Waals surface area contributed by atoms with Gasteiger partial charge in [-0.25, -0.2) is 13.5 Å². The number of rotatable bonds is 6. The Morgan fingerprint density at radius 2 is 1.89 bits per heavy atom. The predicted molar refractivity (Wildman–Crippen MR) is 98.7 cm³/mol. The van der Waals surface area contributed by atoms with Crippen LogP contribution < -0.4 is 15.6 Å². The maximum atomic E-state index is 14.2. The second-order valence-corrected chi connectivity index (χ2v) is 5.93. The van der Waals surface area contributed by atoms with Crippen molar-refractivity contribution in [2.45, 2.75) is 13.1 Å². The number of hydrogen-bond donors (Lipinski definition) is 1. The molecule has 1 N–H and O–H groups in total. The van der Waals surface area contributed by atoms with E-state index in [2.05, 4.69) is 10.4 Å². The van der Waals surface area contributed by atoms with Crippen LogP contribution >= 0.6 is 0 Å². The molecule has 0 saturated carbocycles. The van der Waals surface area contributed by atoms with Gasteiger partial charge in [-0.1, -0.05) is 18.2 Å². The predicted octanol–water partition coefficient (Wildman–Crippen LogP) is 2.51. The Labute approximate surface area is 159 Å². The molecule has 0 saturated heterocycles. The molecule has 0 fully saturated rings. The molecule has 144 valence electrons. The molecule has 3 rings (SSSR count). The molecule has 3 aromatic rings. The quantitative estimate of drug-likeness (QED) is 0.708. The maximum Gasteiger partial charge on any atom is 0.267 e. The number of nitrogens with one attached hydrogen (secondary N) is 1. The maximum absolute atomic E-state index is 14.2. The average molecular weight is 385 g/mol. The lowest BCUT2D eigenvalue weighted by Crippen LogP contribution is -2.33. The molecule has 1 heterocycles. The first-order valence-corrected chi connectivity index (χ1v) is 8.40. The van der Waals surface area contributed by atoms with Gasteiger partial charge < -0.3 is 10.1 Å². The summed E-state index contributed by atoms with van der Waals surface area (Å²) in [5.41, 5.74) is 0.173. The number of benzene rings is 2. The molecular formula is C20H17F2N3O3. The highest BCUT2D eigenvalue weighted by Gasteiger charge is 2.12. The van der Waals surface area contributed by atoms with Crippen LogP contribution in [0.1, 0.15) is 5.56 Å². The lowest BCUT2D eigenvalue weighted by Gasteiger charge is -2.10. The molecule has 0 aliphatic heterocycles. The van der Waals surface area contributed by atoms with Gasteiger partial charge >= 0.3 is 0 Å². The number of carbonyl (C=O) groups is 1. The zero-order chi connectivity index (χ0) is 20.1. The zero-order valence-electron chi connectivity index (χ0n) is 15.0. The Hall–Kier alpha value is -3.55. The van der Waals surface area contributed by atoms with E-state index < -0.39 is 23.1 Å². The third kappa shape index (κ3) is 4.40. The molecule has 1 amide bonds. The van der Waals surface area contributed by atoms with E-state index in [0.717, 1.165) is 4.68 Å². The van der Waals surface area contributed by atoms with Crippen molar-refractivity contribution in [3.8, 4) is 17.0 Å². The standard InChI is InChI=1S/C20H17F2N3O3/c1-28-14-6-7-15(17(22)10-14)18-8-9-20(27)25(24-18)12-19(26)23-11-13-4-2-3-5-16(13)21/h2-10H,11-12H2,1H3,(H,23,26). The lowest BCUT2D eigenvalue weighted by atomic mass is 10.1. The highest BCUT2D eigenvalue weighted by molar-refractivity contribution is 5.75. The smallest absolute Gasteiger partial charge is 0.267 e. The minimum absolute atomic E-state index is 0.0208. The van der Waals surface area contributed by atoms with Crippen LogP contribution in [-0.2, 0) is 17.9 Å². The second-order valence-electron chi connectivity index (χ2n) is 5.93. The normalized spacial score (nSPS) is 10.5. The summed E-state index contributed by atoms with van der Waals surface area (Å²) in [7, 11) is 1.42. The topological polar surface area (TPSA) is 73.2 Å². The van der Waals surface area contributed by atoms with Crippen molar-refractivity contribution in [3.63, 3.8) is 0 Å². The molecule has 0 radical (unpaired) electrons. The van der Waals surface area contributed by atoms with Gasteiger partial charge in [0.1, 0.15) is 23.9 Å². The molecule has 28 heavy (non-hydrogen) atoms. The van der Waals surface area contributed by atoms with Gasteiger partial charge in [0.25, 0.3) is 5.56 Å². The number of ether oxygens (including phenoxy) is 1. The Bertz CT molecular complexity index is 1070. The van der Waals surface area contributed by atoms with Gasteiger partial charge in [0.15, 0.2) is 0 Å². The molecule has 0 unspecified atom stereocenters. The van der Waals surface area contributed by atoms with Crippen molar-refractivity contribution in [1.29, 1.82) is 0 Å². The molecular weight excluding hydrogens is 368 g/mol. The highest BCUT2D eigenvalue weighted by Crippen LogP contribution is 2.23. The van der Waals surface area contributed by atoms with Crippen LogP contribution in [-0.4, -0.2) is 22.8 Å². The van der Waals surface area contributed by atoms with E-state index in [1.165, 1.54) is 37.4 Å². The van der Waals surface area contributed by atoms with E-state index in [9.17, 15) is 18.4 Å². The van der Waals surface area contributed by atoms with Crippen LogP contribution in [0, 0.1) is 11.6 Å². The van der Waals surface area contributed by atoms with Crippen molar-refractivity contribution < 1.29 is 18.3 Å². The SMILES string of the molecule is COc1ccc(-c2ccc(=O)n(CC(=O)NCc3ccccc3F)n2)c(F)c1. The first-order valence-electron chi connectivity index (χ1n) is 8.40. The Kier molecular flexibility index (Phi) is 5.78. The van der Waals surface area contributed by atoms with E-state index in [-0.39, 0.29) is 24.3 Å². The minimum atomic E-state index is -0.568. The minimum Gasteiger partial charge on any atom is -0.497 e. The van der Waals surface area contributed by atoms with Crippen molar-refractivity contribution in [2.75, 3.05) is 7.11 Å². The molecule has 0 aliphatic carbocycles. The van der Waals surface area contributed by atoms with Gasteiger partial charge in [-0.2, -0.15) is 5.10 Å². The number of halogens is 2. The summed E-state index contributed by atoms with van der Waals surface area (Å²) in [5.74, 6) is -1.18. The molecule has 1 aromatic heterocycles. The summed E-state index contributed by atoms with van der Waals surface area (Å²) < 4.78 is 33.7. The van der Waals surface area contributed by atoms with Gasteiger partial charge in [-0.3, -0.25) is 9.59 Å². The van der Waals surface area contributed by atoms with Crippen LogP contribution in [0.2, 0.25) is 0 Å². The van der Waals surface area contributed by atoms with E-state index in [1.807, 2.05) is 0 Å². The van der Waals surface area contributed by atoms with Gasteiger partial charge in [-0.15, -0.1) is 0 Å².